The molecule has 1 aromatic rings. The first-order valence-corrected chi connectivity index (χ1v) is 5.65. The van der Waals surface area contributed by atoms with Gasteiger partial charge in [-0.2, -0.15) is 0 Å². The van der Waals surface area contributed by atoms with Gasteiger partial charge in [-0.15, -0.1) is 0 Å². The molecule has 1 aromatic heterocycles. The third-order valence-electron chi connectivity index (χ3n) is 1.84. The second kappa shape index (κ2) is 6.23. The molecule has 0 saturated heterocycles. The number of aromatic nitrogens is 1. The van der Waals surface area contributed by atoms with Crippen LogP contribution in [0.1, 0.15) is 12.5 Å². The molecule has 1 rings (SSSR count). The molecule has 1 heterocycles. The number of rotatable bonds is 3. The smallest absolute Gasteiger partial charge is 0.249 e. The zero-order chi connectivity index (χ0) is 12.0. The van der Waals surface area contributed by atoms with Crippen molar-refractivity contribution in [2.24, 2.45) is 0 Å². The maximum Gasteiger partial charge on any atom is 0.249 e. The molecular weight excluding hydrogens is 268 g/mol. The lowest BCUT2D eigenvalue weighted by Crippen LogP contribution is -2.10. The highest BCUT2D eigenvalue weighted by atomic mass is 79.9. The molecule has 0 aliphatic rings. The first kappa shape index (κ1) is 12.6. The predicted molar refractivity (Wildman–Crippen MR) is 69.3 cm³/mol. The van der Waals surface area contributed by atoms with Gasteiger partial charge in [-0.25, -0.2) is 4.98 Å². The number of pyridine rings is 1. The highest BCUT2D eigenvalue weighted by Crippen LogP contribution is 2.16. The Kier molecular flexibility index (Phi) is 4.92. The quantitative estimate of drug-likeness (QED) is 0.682. The van der Waals surface area contributed by atoms with Crippen LogP contribution in [0.25, 0.3) is 0 Å². The van der Waals surface area contributed by atoms with Crippen LogP contribution in [0.5, 0.6) is 0 Å². The summed E-state index contributed by atoms with van der Waals surface area (Å²) in [6.45, 7) is 3.78. The molecule has 0 atom stereocenters. The van der Waals surface area contributed by atoms with E-state index in [9.17, 15) is 4.79 Å². The molecule has 1 N–H and O–H groups in total. The van der Waals surface area contributed by atoms with Gasteiger partial charge in [0.25, 0.3) is 0 Å². The third-order valence-corrected chi connectivity index (χ3v) is 2.27. The number of carbonyl (C=O) groups excluding carboxylic acids is 1. The molecule has 1 amide bonds. The van der Waals surface area contributed by atoms with E-state index in [0.29, 0.717) is 5.82 Å². The van der Waals surface area contributed by atoms with E-state index in [1.165, 1.54) is 6.08 Å². The van der Waals surface area contributed by atoms with Gasteiger partial charge in [-0.1, -0.05) is 18.2 Å². The molecular formula is C12H13BrN2O. The highest BCUT2D eigenvalue weighted by Gasteiger charge is 2.02. The molecule has 0 aliphatic carbocycles. The molecule has 3 nitrogen and oxygen atoms in total. The van der Waals surface area contributed by atoms with Crippen molar-refractivity contribution < 1.29 is 4.79 Å². The van der Waals surface area contributed by atoms with Crippen molar-refractivity contribution in [1.82, 2.24) is 4.98 Å². The Hall–Kier alpha value is -1.42. The molecule has 16 heavy (non-hydrogen) atoms. The summed E-state index contributed by atoms with van der Waals surface area (Å²) in [6.07, 6.45) is 8.44. The predicted octanol–water partition coefficient (Wildman–Crippen LogP) is 3.22. The van der Waals surface area contributed by atoms with Gasteiger partial charge < -0.3 is 5.32 Å². The molecule has 0 spiro atoms. The molecule has 4 heteroatoms. The van der Waals surface area contributed by atoms with Crippen molar-refractivity contribution in [2.45, 2.75) is 13.8 Å². The number of nitrogens with one attached hydrogen (secondary N) is 1. The van der Waals surface area contributed by atoms with Crippen LogP contribution in [-0.2, 0) is 4.79 Å². The fraction of sp³-hybridized carbons (Fsp3) is 0.167. The molecule has 0 aromatic carbocycles. The van der Waals surface area contributed by atoms with E-state index in [1.54, 1.807) is 18.3 Å². The van der Waals surface area contributed by atoms with E-state index in [-0.39, 0.29) is 5.91 Å². The Morgan fingerprint density at radius 1 is 1.50 bits per heavy atom. The summed E-state index contributed by atoms with van der Waals surface area (Å²) in [4.78, 5) is 15.6. The van der Waals surface area contributed by atoms with E-state index in [0.717, 1.165) is 10.0 Å². The Morgan fingerprint density at radius 2 is 2.25 bits per heavy atom. The molecule has 84 valence electrons. The van der Waals surface area contributed by atoms with Crippen molar-refractivity contribution in [3.63, 3.8) is 0 Å². The minimum atomic E-state index is -0.184. The minimum Gasteiger partial charge on any atom is -0.307 e. The van der Waals surface area contributed by atoms with Crippen molar-refractivity contribution in [3.05, 3.63) is 46.6 Å². The normalized spacial score (nSPS) is 11.2. The summed E-state index contributed by atoms with van der Waals surface area (Å²) in [5.74, 6) is 0.398. The van der Waals surface area contributed by atoms with Gasteiger partial charge in [0, 0.05) is 16.7 Å². The van der Waals surface area contributed by atoms with E-state index in [4.69, 9.17) is 0 Å². The first-order chi connectivity index (χ1) is 7.63. The number of hydrogen-bond donors (Lipinski definition) is 1. The Bertz CT molecular complexity index is 439. The average Bonchev–Trinajstić information content (AvgIpc) is 2.23. The lowest BCUT2D eigenvalue weighted by atomic mass is 10.3. The fourth-order valence-corrected chi connectivity index (χ4v) is 1.53. The monoisotopic (exact) mass is 280 g/mol. The number of hydrogen-bond acceptors (Lipinski definition) is 2. The lowest BCUT2D eigenvalue weighted by molar-refractivity contribution is -0.111. The van der Waals surface area contributed by atoms with Gasteiger partial charge in [0.15, 0.2) is 0 Å². The fourth-order valence-electron chi connectivity index (χ4n) is 1.08. The number of carbonyl (C=O) groups is 1. The van der Waals surface area contributed by atoms with E-state index >= 15 is 0 Å². The molecule has 0 unspecified atom stereocenters. The summed E-state index contributed by atoms with van der Waals surface area (Å²) < 4.78 is 0.896. The van der Waals surface area contributed by atoms with Gasteiger partial charge in [0.05, 0.1) is 0 Å². The van der Waals surface area contributed by atoms with Crippen molar-refractivity contribution >= 4 is 27.7 Å². The lowest BCUT2D eigenvalue weighted by Gasteiger charge is -2.04. The van der Waals surface area contributed by atoms with Crippen LogP contribution in [0.2, 0.25) is 0 Å². The van der Waals surface area contributed by atoms with Gasteiger partial charge in [-0.3, -0.25) is 4.79 Å². The molecule has 0 radical (unpaired) electrons. The summed E-state index contributed by atoms with van der Waals surface area (Å²) in [6, 6.07) is 1.90. The average molecular weight is 281 g/mol. The van der Waals surface area contributed by atoms with Crippen LogP contribution in [0.15, 0.2) is 41.0 Å². The van der Waals surface area contributed by atoms with Crippen molar-refractivity contribution in [2.75, 3.05) is 5.32 Å². The molecule has 0 fully saturated rings. The number of aryl methyl sites for hydroxylation is 1. The van der Waals surface area contributed by atoms with E-state index in [2.05, 4.69) is 26.2 Å². The summed E-state index contributed by atoms with van der Waals surface area (Å²) in [5, 5.41) is 2.70. The van der Waals surface area contributed by atoms with Gasteiger partial charge in [0.1, 0.15) is 5.82 Å². The van der Waals surface area contributed by atoms with Crippen LogP contribution < -0.4 is 5.32 Å². The largest absolute Gasteiger partial charge is 0.307 e. The molecule has 0 aliphatic heterocycles. The number of halogens is 1. The zero-order valence-electron chi connectivity index (χ0n) is 9.20. The highest BCUT2D eigenvalue weighted by molar-refractivity contribution is 9.10. The summed E-state index contributed by atoms with van der Waals surface area (Å²) in [7, 11) is 0. The second-order valence-electron chi connectivity index (χ2n) is 3.19. The molecule has 0 bridgehead atoms. The number of anilines is 1. The number of allylic oxidation sites excluding steroid dienone is 3. The van der Waals surface area contributed by atoms with Gasteiger partial charge in [0.2, 0.25) is 5.91 Å². The standard InChI is InChI=1S/C12H13BrN2O/c1-3-4-5-6-11(16)15-12-9(2)7-10(13)8-14-12/h3-8H,1-2H3,(H,14,15,16)/b4-3+,6-5?. The third kappa shape index (κ3) is 3.98. The van der Waals surface area contributed by atoms with Crippen LogP contribution in [0.3, 0.4) is 0 Å². The Balaban J connectivity index is 2.70. The zero-order valence-corrected chi connectivity index (χ0v) is 10.8. The van der Waals surface area contributed by atoms with Crippen molar-refractivity contribution in [1.29, 1.82) is 0 Å². The number of amides is 1. The van der Waals surface area contributed by atoms with Gasteiger partial charge in [-0.05, 0) is 41.4 Å². The minimum absolute atomic E-state index is 0.184. The summed E-state index contributed by atoms with van der Waals surface area (Å²) >= 11 is 3.32. The Labute approximate surface area is 103 Å². The van der Waals surface area contributed by atoms with Crippen LogP contribution in [0, 0.1) is 6.92 Å². The first-order valence-electron chi connectivity index (χ1n) is 4.86. The maximum atomic E-state index is 11.4. The SMILES string of the molecule is C/C=C/C=CC(=O)Nc1ncc(Br)cc1C. The topological polar surface area (TPSA) is 42.0 Å². The van der Waals surface area contributed by atoms with E-state index < -0.39 is 0 Å². The van der Waals surface area contributed by atoms with Crippen LogP contribution in [-0.4, -0.2) is 10.9 Å². The van der Waals surface area contributed by atoms with Crippen molar-refractivity contribution in [3.8, 4) is 0 Å². The van der Waals surface area contributed by atoms with Crippen LogP contribution >= 0.6 is 15.9 Å². The summed E-state index contributed by atoms with van der Waals surface area (Å²) in [5.41, 5.74) is 0.919. The number of nitrogens with zero attached hydrogens (tertiary/aromatic N) is 1. The van der Waals surface area contributed by atoms with Gasteiger partial charge >= 0.3 is 0 Å². The Morgan fingerprint density at radius 3 is 2.88 bits per heavy atom. The van der Waals surface area contributed by atoms with E-state index in [1.807, 2.05) is 26.0 Å². The molecule has 0 saturated carbocycles. The maximum absolute atomic E-state index is 11.4. The van der Waals surface area contributed by atoms with Crippen LogP contribution in [0.4, 0.5) is 5.82 Å². The second-order valence-corrected chi connectivity index (χ2v) is 4.11.